The number of H-pyrrole nitrogens is 1. The van der Waals surface area contributed by atoms with Gasteiger partial charge in [0.1, 0.15) is 5.82 Å². The van der Waals surface area contributed by atoms with Gasteiger partial charge >= 0.3 is 0 Å². The van der Waals surface area contributed by atoms with Crippen molar-refractivity contribution in [2.75, 3.05) is 0 Å². The molecule has 4 rings (SSSR count). The summed E-state index contributed by atoms with van der Waals surface area (Å²) in [5, 5.41) is 4.84. The third-order valence-corrected chi connectivity index (χ3v) is 4.70. The number of nitrogens with zero attached hydrogens (tertiary/aromatic N) is 1. The summed E-state index contributed by atoms with van der Waals surface area (Å²) in [6.07, 6.45) is 0. The third-order valence-electron chi connectivity index (χ3n) is 3.69. The van der Waals surface area contributed by atoms with Crippen LogP contribution in [0.4, 0.5) is 0 Å². The molecule has 0 aliphatic rings. The smallest absolute Gasteiger partial charge is 0.139 e. The number of imidazole rings is 1. The Balaban J connectivity index is 1.95. The van der Waals surface area contributed by atoms with E-state index >= 15 is 0 Å². The zero-order chi connectivity index (χ0) is 15.6. The summed E-state index contributed by atoms with van der Waals surface area (Å²) in [7, 11) is 0. The second-order valence-corrected chi connectivity index (χ2v) is 6.35. The Morgan fingerprint density at radius 1 is 0.870 bits per heavy atom. The van der Waals surface area contributed by atoms with Gasteiger partial charge in [-0.3, -0.25) is 0 Å². The van der Waals surface area contributed by atoms with Gasteiger partial charge in [0.15, 0.2) is 0 Å². The van der Waals surface area contributed by atoms with Gasteiger partial charge in [0, 0.05) is 22.1 Å². The van der Waals surface area contributed by atoms with E-state index in [-0.39, 0.29) is 0 Å². The molecule has 4 heteroatoms. The van der Waals surface area contributed by atoms with Crippen molar-refractivity contribution < 1.29 is 0 Å². The lowest BCUT2D eigenvalue weighted by atomic mass is 10.1. The molecule has 0 saturated heterocycles. The van der Waals surface area contributed by atoms with Crippen molar-refractivity contribution in [3.05, 3.63) is 76.4 Å². The highest BCUT2D eigenvalue weighted by atomic mass is 35.5. The number of hydrogen-bond acceptors (Lipinski definition) is 2. The van der Waals surface area contributed by atoms with Gasteiger partial charge < -0.3 is 4.98 Å². The number of nitrogens with one attached hydrogen (secondary N) is 1. The van der Waals surface area contributed by atoms with Crippen LogP contribution in [0.3, 0.4) is 0 Å². The van der Waals surface area contributed by atoms with Crippen LogP contribution < -0.4 is 0 Å². The predicted molar refractivity (Wildman–Crippen MR) is 97.8 cm³/mol. The first-order valence-corrected chi connectivity index (χ1v) is 8.58. The van der Waals surface area contributed by atoms with Crippen molar-refractivity contribution in [3.63, 3.8) is 0 Å². The number of halogens is 1. The second kappa shape index (κ2) is 6.03. The largest absolute Gasteiger partial charge is 0.337 e. The van der Waals surface area contributed by atoms with Gasteiger partial charge in [0.2, 0.25) is 0 Å². The van der Waals surface area contributed by atoms with E-state index in [0.717, 1.165) is 33.9 Å². The molecule has 0 aliphatic carbocycles. The van der Waals surface area contributed by atoms with Crippen molar-refractivity contribution in [3.8, 4) is 33.9 Å². The molecule has 112 valence electrons. The number of aromatic nitrogens is 2. The molecule has 0 amide bonds. The molecule has 0 aliphatic heterocycles. The van der Waals surface area contributed by atoms with E-state index in [2.05, 4.69) is 33.9 Å². The summed E-state index contributed by atoms with van der Waals surface area (Å²) in [6, 6.07) is 20.1. The molecule has 2 aromatic carbocycles. The molecular formula is C19H13ClN2S. The highest BCUT2D eigenvalue weighted by molar-refractivity contribution is 7.08. The third kappa shape index (κ3) is 2.69. The Morgan fingerprint density at radius 3 is 2.39 bits per heavy atom. The molecule has 4 aromatic rings. The quantitative estimate of drug-likeness (QED) is 0.479. The van der Waals surface area contributed by atoms with E-state index in [1.165, 1.54) is 0 Å². The molecule has 0 spiro atoms. The van der Waals surface area contributed by atoms with Crippen LogP contribution in [-0.2, 0) is 0 Å². The Labute approximate surface area is 143 Å². The van der Waals surface area contributed by atoms with Crippen molar-refractivity contribution in [1.29, 1.82) is 0 Å². The minimum Gasteiger partial charge on any atom is -0.337 e. The summed E-state index contributed by atoms with van der Waals surface area (Å²) < 4.78 is 0. The lowest BCUT2D eigenvalue weighted by molar-refractivity contribution is 1.32. The molecule has 0 radical (unpaired) electrons. The van der Waals surface area contributed by atoms with E-state index in [0.29, 0.717) is 5.02 Å². The van der Waals surface area contributed by atoms with Gasteiger partial charge in [0.25, 0.3) is 0 Å². The van der Waals surface area contributed by atoms with Crippen molar-refractivity contribution in [2.24, 2.45) is 0 Å². The molecule has 1 N–H and O–H groups in total. The fourth-order valence-electron chi connectivity index (χ4n) is 2.57. The van der Waals surface area contributed by atoms with Crippen molar-refractivity contribution >= 4 is 22.9 Å². The van der Waals surface area contributed by atoms with Gasteiger partial charge in [-0.15, -0.1) is 0 Å². The van der Waals surface area contributed by atoms with Gasteiger partial charge in [-0.2, -0.15) is 11.3 Å². The standard InChI is InChI=1S/C19H13ClN2S/c20-16-9-5-4-8-15(16)18-17(13-6-2-1-3-7-13)21-19(22-18)14-10-11-23-12-14/h1-12H,(H,21,22). The molecule has 2 nitrogen and oxygen atoms in total. The molecule has 0 fully saturated rings. The monoisotopic (exact) mass is 336 g/mol. The molecule has 2 heterocycles. The van der Waals surface area contributed by atoms with Gasteiger partial charge in [-0.25, -0.2) is 4.98 Å². The zero-order valence-corrected chi connectivity index (χ0v) is 13.7. The Kier molecular flexibility index (Phi) is 3.74. The van der Waals surface area contributed by atoms with Crippen molar-refractivity contribution in [1.82, 2.24) is 9.97 Å². The molecular weight excluding hydrogens is 324 g/mol. The molecule has 0 atom stereocenters. The number of aromatic amines is 1. The van der Waals surface area contributed by atoms with Gasteiger partial charge in [-0.1, -0.05) is 60.1 Å². The molecule has 0 saturated carbocycles. The van der Waals surface area contributed by atoms with Crippen LogP contribution >= 0.6 is 22.9 Å². The summed E-state index contributed by atoms with van der Waals surface area (Å²) >= 11 is 8.06. The van der Waals surface area contributed by atoms with E-state index in [1.54, 1.807) is 11.3 Å². The number of hydrogen-bond donors (Lipinski definition) is 1. The minimum absolute atomic E-state index is 0.702. The second-order valence-electron chi connectivity index (χ2n) is 5.17. The van der Waals surface area contributed by atoms with Crippen LogP contribution in [-0.4, -0.2) is 9.97 Å². The first-order chi connectivity index (χ1) is 11.3. The topological polar surface area (TPSA) is 28.7 Å². The van der Waals surface area contributed by atoms with Crippen molar-refractivity contribution in [2.45, 2.75) is 0 Å². The summed E-state index contributed by atoms with van der Waals surface area (Å²) in [5.41, 5.74) is 4.98. The van der Waals surface area contributed by atoms with Crippen LogP contribution in [0.1, 0.15) is 0 Å². The fraction of sp³-hybridized carbons (Fsp3) is 0. The van der Waals surface area contributed by atoms with E-state index < -0.39 is 0 Å². The summed E-state index contributed by atoms with van der Waals surface area (Å²) in [4.78, 5) is 8.29. The SMILES string of the molecule is Clc1ccccc1-c1nc(-c2ccsc2)[nH]c1-c1ccccc1. The number of benzene rings is 2. The molecule has 23 heavy (non-hydrogen) atoms. The maximum Gasteiger partial charge on any atom is 0.139 e. The van der Waals surface area contributed by atoms with E-state index in [9.17, 15) is 0 Å². The average molecular weight is 337 g/mol. The fourth-order valence-corrected chi connectivity index (χ4v) is 3.44. The normalized spacial score (nSPS) is 10.8. The lowest BCUT2D eigenvalue weighted by Crippen LogP contribution is -1.84. The van der Waals surface area contributed by atoms with E-state index in [4.69, 9.17) is 16.6 Å². The van der Waals surface area contributed by atoms with E-state index in [1.807, 2.05) is 42.5 Å². The Bertz CT molecular complexity index is 927. The van der Waals surface area contributed by atoms with Crippen LogP contribution in [0.2, 0.25) is 5.02 Å². The molecule has 0 bridgehead atoms. The van der Waals surface area contributed by atoms with Crippen LogP contribution in [0.25, 0.3) is 33.9 Å². The molecule has 0 unspecified atom stereocenters. The van der Waals surface area contributed by atoms with Crippen LogP contribution in [0, 0.1) is 0 Å². The Hall–Kier alpha value is -2.36. The first-order valence-electron chi connectivity index (χ1n) is 7.26. The lowest BCUT2D eigenvalue weighted by Gasteiger charge is -2.04. The predicted octanol–water partition coefficient (Wildman–Crippen LogP) is 6.13. The van der Waals surface area contributed by atoms with Crippen LogP contribution in [0.5, 0.6) is 0 Å². The highest BCUT2D eigenvalue weighted by Crippen LogP contribution is 2.36. The van der Waals surface area contributed by atoms with Gasteiger partial charge in [0.05, 0.1) is 16.4 Å². The number of rotatable bonds is 3. The first kappa shape index (κ1) is 14.2. The maximum atomic E-state index is 6.40. The zero-order valence-electron chi connectivity index (χ0n) is 12.2. The average Bonchev–Trinajstić information content (AvgIpc) is 3.26. The maximum absolute atomic E-state index is 6.40. The summed E-state index contributed by atoms with van der Waals surface area (Å²) in [6.45, 7) is 0. The number of thiophene rings is 1. The Morgan fingerprint density at radius 2 is 1.65 bits per heavy atom. The molecule has 2 aromatic heterocycles. The minimum atomic E-state index is 0.702. The highest BCUT2D eigenvalue weighted by Gasteiger charge is 2.17. The summed E-state index contributed by atoms with van der Waals surface area (Å²) in [5.74, 6) is 0.861. The van der Waals surface area contributed by atoms with Crippen LogP contribution in [0.15, 0.2) is 71.4 Å². The van der Waals surface area contributed by atoms with Gasteiger partial charge in [-0.05, 0) is 17.5 Å².